The third-order valence-corrected chi connectivity index (χ3v) is 5.85. The average Bonchev–Trinajstić information content (AvgIpc) is 3.16. The number of hydrogen-bond acceptors (Lipinski definition) is 4. The number of hydrogen-bond donors (Lipinski definition) is 0. The number of rotatable bonds is 6. The minimum absolute atomic E-state index is 0.00972. The first-order valence-electron chi connectivity index (χ1n) is 9.62. The number of benzene rings is 3. The molecule has 0 fully saturated rings. The predicted molar refractivity (Wildman–Crippen MR) is 122 cm³/mol. The Morgan fingerprint density at radius 1 is 1.00 bits per heavy atom. The van der Waals surface area contributed by atoms with Crippen molar-refractivity contribution in [2.75, 3.05) is 21.2 Å². The first-order valence-corrected chi connectivity index (χ1v) is 10.6. The van der Waals surface area contributed by atoms with Crippen molar-refractivity contribution >= 4 is 28.7 Å². The highest BCUT2D eigenvalue weighted by atomic mass is 32.2. The Morgan fingerprint density at radius 3 is 2.37 bits per heavy atom. The maximum Gasteiger partial charge on any atom is 0.253 e. The van der Waals surface area contributed by atoms with Crippen LogP contribution in [-0.4, -0.2) is 41.6 Å². The Bertz CT molecular complexity index is 1170. The van der Waals surface area contributed by atoms with Crippen molar-refractivity contribution in [1.82, 2.24) is 14.5 Å². The molecule has 0 saturated heterocycles. The van der Waals surface area contributed by atoms with Crippen LogP contribution in [0.2, 0.25) is 0 Å². The molecule has 0 aliphatic carbocycles. The molecule has 4 aromatic rings. The molecule has 0 bridgehead atoms. The van der Waals surface area contributed by atoms with Gasteiger partial charge in [-0.2, -0.15) is 0 Å². The predicted octanol–water partition coefficient (Wildman–Crippen LogP) is 5.03. The highest BCUT2D eigenvalue weighted by molar-refractivity contribution is 7.98. The fraction of sp³-hybridized carbons (Fsp3) is 0.167. The van der Waals surface area contributed by atoms with E-state index in [9.17, 15) is 4.79 Å². The fourth-order valence-electron chi connectivity index (χ4n) is 3.23. The van der Waals surface area contributed by atoms with Crippen LogP contribution in [0, 0.1) is 0 Å². The van der Waals surface area contributed by atoms with E-state index in [1.807, 2.05) is 66.7 Å². The molecule has 0 unspecified atom stereocenters. The molecule has 30 heavy (non-hydrogen) atoms. The van der Waals surface area contributed by atoms with Crippen LogP contribution in [0.15, 0.2) is 78.0 Å². The molecule has 3 aromatic carbocycles. The van der Waals surface area contributed by atoms with E-state index in [1.165, 1.54) is 0 Å². The highest BCUT2D eigenvalue weighted by Gasteiger charge is 2.14. The summed E-state index contributed by atoms with van der Waals surface area (Å²) in [5, 5.41) is 0.926. The van der Waals surface area contributed by atoms with Crippen molar-refractivity contribution in [1.29, 1.82) is 0 Å². The van der Waals surface area contributed by atoms with Crippen LogP contribution in [0.25, 0.3) is 16.7 Å². The van der Waals surface area contributed by atoms with Crippen LogP contribution in [0.1, 0.15) is 15.9 Å². The molecule has 1 amide bonds. The van der Waals surface area contributed by atoms with Crippen LogP contribution in [0.5, 0.6) is 5.75 Å². The van der Waals surface area contributed by atoms with Gasteiger partial charge in [-0.1, -0.05) is 36.0 Å². The van der Waals surface area contributed by atoms with Gasteiger partial charge in [-0.25, -0.2) is 4.98 Å². The number of methoxy groups -OCH3 is 1. The minimum Gasteiger partial charge on any atom is -0.497 e. The summed E-state index contributed by atoms with van der Waals surface area (Å²) in [7, 11) is 5.19. The zero-order chi connectivity index (χ0) is 21.1. The van der Waals surface area contributed by atoms with Gasteiger partial charge in [-0.15, -0.1) is 0 Å². The largest absolute Gasteiger partial charge is 0.497 e. The summed E-state index contributed by atoms with van der Waals surface area (Å²) in [4.78, 5) is 18.5. The third kappa shape index (κ3) is 4.04. The summed E-state index contributed by atoms with van der Waals surface area (Å²) in [5.41, 5.74) is 4.90. The topological polar surface area (TPSA) is 47.4 Å². The first-order chi connectivity index (χ1) is 14.6. The zero-order valence-electron chi connectivity index (χ0n) is 17.2. The third-order valence-electron chi connectivity index (χ3n) is 4.84. The summed E-state index contributed by atoms with van der Waals surface area (Å²) in [6.45, 7) is 0. The normalized spacial score (nSPS) is 10.9. The second-order valence-corrected chi connectivity index (χ2v) is 8.04. The van der Waals surface area contributed by atoms with Crippen molar-refractivity contribution in [2.24, 2.45) is 0 Å². The number of carbonyl (C=O) groups excluding carboxylic acids is 1. The Kier molecular flexibility index (Phi) is 5.77. The molecule has 0 aliphatic heterocycles. The van der Waals surface area contributed by atoms with E-state index in [4.69, 9.17) is 9.72 Å². The highest BCUT2D eigenvalue weighted by Crippen LogP contribution is 2.30. The number of nitrogens with zero attached hydrogens (tertiary/aromatic N) is 3. The lowest BCUT2D eigenvalue weighted by Crippen LogP contribution is -2.21. The Labute approximate surface area is 180 Å². The van der Waals surface area contributed by atoms with Crippen molar-refractivity contribution in [2.45, 2.75) is 10.9 Å². The first kappa shape index (κ1) is 20.0. The summed E-state index contributed by atoms with van der Waals surface area (Å²) in [5.74, 6) is 1.59. The smallest absolute Gasteiger partial charge is 0.253 e. The molecule has 0 saturated carbocycles. The molecule has 0 radical (unpaired) electrons. The molecule has 0 N–H and O–H groups in total. The number of thioether (sulfide) groups is 1. The van der Waals surface area contributed by atoms with Crippen LogP contribution in [0.3, 0.4) is 0 Å². The zero-order valence-corrected chi connectivity index (χ0v) is 18.0. The lowest BCUT2D eigenvalue weighted by molar-refractivity contribution is 0.0827. The van der Waals surface area contributed by atoms with E-state index in [-0.39, 0.29) is 5.91 Å². The van der Waals surface area contributed by atoms with Gasteiger partial charge in [-0.3, -0.25) is 9.36 Å². The second kappa shape index (κ2) is 8.63. The van der Waals surface area contributed by atoms with E-state index >= 15 is 0 Å². The van der Waals surface area contributed by atoms with E-state index in [1.54, 1.807) is 37.9 Å². The molecule has 1 heterocycles. The number of ether oxygens (including phenoxy) is 1. The number of para-hydroxylation sites is 2. The van der Waals surface area contributed by atoms with Gasteiger partial charge in [0.05, 0.1) is 18.1 Å². The molecule has 1 aromatic heterocycles. The van der Waals surface area contributed by atoms with E-state index in [2.05, 4.69) is 10.6 Å². The van der Waals surface area contributed by atoms with Crippen LogP contribution < -0.4 is 4.74 Å². The molecular weight excluding hydrogens is 394 g/mol. The SMILES string of the molecule is COc1ccc(-n2c(SCc3ccc(C(=O)N(C)C)cc3)nc3ccccc32)cc1. The molecule has 0 atom stereocenters. The van der Waals surface area contributed by atoms with E-state index in [0.717, 1.165) is 38.9 Å². The Morgan fingerprint density at radius 2 is 1.70 bits per heavy atom. The van der Waals surface area contributed by atoms with Gasteiger partial charge in [0.2, 0.25) is 0 Å². The molecule has 152 valence electrons. The minimum atomic E-state index is 0.00972. The summed E-state index contributed by atoms with van der Waals surface area (Å²) < 4.78 is 7.46. The second-order valence-electron chi connectivity index (χ2n) is 7.10. The Balaban J connectivity index is 1.62. The summed E-state index contributed by atoms with van der Waals surface area (Å²) >= 11 is 1.68. The van der Waals surface area contributed by atoms with Crippen molar-refractivity contribution in [3.63, 3.8) is 0 Å². The number of fused-ring (bicyclic) bond motifs is 1. The maximum atomic E-state index is 12.1. The average molecular weight is 418 g/mol. The molecule has 4 rings (SSSR count). The quantitative estimate of drug-likeness (QED) is 0.413. The number of amides is 1. The van der Waals surface area contributed by atoms with Crippen LogP contribution in [0.4, 0.5) is 0 Å². The molecule has 6 heteroatoms. The number of aromatic nitrogens is 2. The maximum absolute atomic E-state index is 12.1. The standard InChI is InChI=1S/C24H23N3O2S/c1-26(2)23(28)18-10-8-17(9-11-18)16-30-24-25-21-6-4-5-7-22(21)27(24)19-12-14-20(29-3)15-13-19/h4-15H,16H2,1-3H3. The van der Waals surface area contributed by atoms with Gasteiger partial charge in [0.1, 0.15) is 5.75 Å². The van der Waals surface area contributed by atoms with Gasteiger partial charge >= 0.3 is 0 Å². The van der Waals surface area contributed by atoms with Gasteiger partial charge in [-0.05, 0) is 54.1 Å². The van der Waals surface area contributed by atoms with Gasteiger partial charge in [0.15, 0.2) is 5.16 Å². The number of carbonyl (C=O) groups is 1. The fourth-order valence-corrected chi connectivity index (χ4v) is 4.22. The number of imidazole rings is 1. The molecule has 0 spiro atoms. The monoisotopic (exact) mass is 417 g/mol. The summed E-state index contributed by atoms with van der Waals surface area (Å²) in [6, 6.07) is 23.9. The Hall–Kier alpha value is -3.25. The van der Waals surface area contributed by atoms with Crippen LogP contribution in [-0.2, 0) is 5.75 Å². The van der Waals surface area contributed by atoms with Crippen molar-refractivity contribution < 1.29 is 9.53 Å². The lowest BCUT2D eigenvalue weighted by atomic mass is 10.1. The molecule has 5 nitrogen and oxygen atoms in total. The molecular formula is C24H23N3O2S. The van der Waals surface area contributed by atoms with Gasteiger partial charge < -0.3 is 9.64 Å². The van der Waals surface area contributed by atoms with Gasteiger partial charge in [0, 0.05) is 31.1 Å². The van der Waals surface area contributed by atoms with Crippen molar-refractivity contribution in [3.8, 4) is 11.4 Å². The van der Waals surface area contributed by atoms with Gasteiger partial charge in [0.25, 0.3) is 5.91 Å². The summed E-state index contributed by atoms with van der Waals surface area (Å²) in [6.07, 6.45) is 0. The molecule has 0 aliphatic rings. The van der Waals surface area contributed by atoms with E-state index in [0.29, 0.717) is 5.56 Å². The van der Waals surface area contributed by atoms with E-state index < -0.39 is 0 Å². The van der Waals surface area contributed by atoms with Crippen molar-refractivity contribution in [3.05, 3.63) is 83.9 Å². The lowest BCUT2D eigenvalue weighted by Gasteiger charge is -2.11. The van der Waals surface area contributed by atoms with Crippen LogP contribution >= 0.6 is 11.8 Å².